The fraction of sp³-hybridized carbons (Fsp3) is 0.167. The van der Waals surface area contributed by atoms with Crippen LogP contribution in [-0.2, 0) is 0 Å². The molecular weight excluding hydrogens is 273 g/mol. The molecule has 1 heterocycles. The molecule has 0 fully saturated rings. The Labute approximate surface area is 115 Å². The number of aryl methyl sites for hydroxylation is 1. The predicted molar refractivity (Wildman–Crippen MR) is 73.1 cm³/mol. The minimum absolute atomic E-state index is 0.133. The van der Waals surface area contributed by atoms with E-state index in [0.717, 1.165) is 11.3 Å². The largest absolute Gasteiger partial charge is 0.495 e. The van der Waals surface area contributed by atoms with E-state index in [-0.39, 0.29) is 5.28 Å². The highest BCUT2D eigenvalue weighted by molar-refractivity contribution is 6.33. The van der Waals surface area contributed by atoms with E-state index in [4.69, 9.17) is 27.9 Å². The van der Waals surface area contributed by atoms with Crippen molar-refractivity contribution in [3.05, 3.63) is 40.3 Å². The molecule has 1 N–H and O–H groups in total. The van der Waals surface area contributed by atoms with Gasteiger partial charge in [0.05, 0.1) is 19.0 Å². The number of benzene rings is 1. The second kappa shape index (κ2) is 5.42. The van der Waals surface area contributed by atoms with Gasteiger partial charge in [-0.3, -0.25) is 0 Å². The first-order valence-electron chi connectivity index (χ1n) is 5.20. The third-order valence-corrected chi connectivity index (χ3v) is 2.78. The number of hydrogen-bond acceptors (Lipinski definition) is 4. The minimum atomic E-state index is 0.133. The fourth-order valence-electron chi connectivity index (χ4n) is 1.48. The smallest absolute Gasteiger partial charge is 0.224 e. The number of nitrogens with one attached hydrogen (secondary N) is 1. The molecule has 0 aliphatic heterocycles. The molecule has 0 amide bonds. The second-order valence-electron chi connectivity index (χ2n) is 3.66. The zero-order chi connectivity index (χ0) is 13.1. The summed E-state index contributed by atoms with van der Waals surface area (Å²) >= 11 is 11.7. The maximum Gasteiger partial charge on any atom is 0.224 e. The van der Waals surface area contributed by atoms with Crippen LogP contribution in [0.3, 0.4) is 0 Å². The van der Waals surface area contributed by atoms with Gasteiger partial charge in [-0.15, -0.1) is 0 Å². The molecule has 0 bridgehead atoms. The highest BCUT2D eigenvalue weighted by Crippen LogP contribution is 2.30. The molecule has 1 aromatic carbocycles. The van der Waals surface area contributed by atoms with Crippen molar-refractivity contribution in [2.45, 2.75) is 6.92 Å². The molecule has 0 saturated carbocycles. The zero-order valence-electron chi connectivity index (χ0n) is 9.87. The van der Waals surface area contributed by atoms with Crippen molar-refractivity contribution >= 4 is 34.7 Å². The minimum Gasteiger partial charge on any atom is -0.495 e. The molecule has 0 unspecified atom stereocenters. The summed E-state index contributed by atoms with van der Waals surface area (Å²) in [7, 11) is 1.60. The van der Waals surface area contributed by atoms with Crippen LogP contribution in [0.1, 0.15) is 5.56 Å². The summed E-state index contributed by atoms with van der Waals surface area (Å²) in [5.74, 6) is 1.15. The van der Waals surface area contributed by atoms with Crippen molar-refractivity contribution in [3.63, 3.8) is 0 Å². The summed E-state index contributed by atoms with van der Waals surface area (Å²) in [6.45, 7) is 1.99. The lowest BCUT2D eigenvalue weighted by molar-refractivity contribution is 0.416. The van der Waals surface area contributed by atoms with Crippen molar-refractivity contribution in [2.75, 3.05) is 12.4 Å². The van der Waals surface area contributed by atoms with Gasteiger partial charge in [0.15, 0.2) is 5.82 Å². The van der Waals surface area contributed by atoms with Gasteiger partial charge in [0.1, 0.15) is 10.8 Å². The van der Waals surface area contributed by atoms with E-state index in [1.807, 2.05) is 25.1 Å². The Bertz CT molecular complexity index is 575. The number of hydrogen-bond donors (Lipinski definition) is 1. The highest BCUT2D eigenvalue weighted by Gasteiger charge is 2.08. The quantitative estimate of drug-likeness (QED) is 0.870. The van der Waals surface area contributed by atoms with Gasteiger partial charge >= 0.3 is 0 Å². The van der Waals surface area contributed by atoms with E-state index >= 15 is 0 Å². The number of methoxy groups -OCH3 is 1. The van der Waals surface area contributed by atoms with E-state index in [1.54, 1.807) is 7.11 Å². The van der Waals surface area contributed by atoms with Crippen LogP contribution < -0.4 is 10.1 Å². The molecule has 4 nitrogen and oxygen atoms in total. The second-order valence-corrected chi connectivity index (χ2v) is 4.41. The van der Waals surface area contributed by atoms with Crippen LogP contribution in [-0.4, -0.2) is 17.1 Å². The summed E-state index contributed by atoms with van der Waals surface area (Å²) in [5, 5.41) is 3.61. The first-order valence-corrected chi connectivity index (χ1v) is 5.95. The Hall–Kier alpha value is -1.52. The molecule has 94 valence electrons. The third kappa shape index (κ3) is 2.83. The average Bonchev–Trinajstić information content (AvgIpc) is 2.34. The number of ether oxygens (including phenoxy) is 1. The van der Waals surface area contributed by atoms with Crippen molar-refractivity contribution in [1.29, 1.82) is 0 Å². The van der Waals surface area contributed by atoms with E-state index in [0.29, 0.717) is 16.6 Å². The standard InChI is InChI=1S/C12H11Cl2N3O/c1-7-3-4-10(18-2)9(5-7)16-11-8(13)6-15-12(14)17-11/h3-6H,1-2H3,(H,15,16,17). The van der Waals surface area contributed by atoms with Gasteiger partial charge in [-0.1, -0.05) is 17.7 Å². The van der Waals surface area contributed by atoms with Crippen molar-refractivity contribution < 1.29 is 4.74 Å². The van der Waals surface area contributed by atoms with Gasteiger partial charge in [-0.2, -0.15) is 4.98 Å². The van der Waals surface area contributed by atoms with Gasteiger partial charge in [0, 0.05) is 0 Å². The number of rotatable bonds is 3. The van der Waals surface area contributed by atoms with Gasteiger partial charge in [0.25, 0.3) is 0 Å². The van der Waals surface area contributed by atoms with E-state index in [1.165, 1.54) is 6.20 Å². The average molecular weight is 284 g/mol. The molecule has 2 aromatic rings. The molecule has 1 aromatic heterocycles. The molecule has 0 aliphatic rings. The SMILES string of the molecule is COc1ccc(C)cc1Nc1nc(Cl)ncc1Cl. The van der Waals surface area contributed by atoms with Gasteiger partial charge in [-0.25, -0.2) is 4.98 Å². The Morgan fingerprint density at radius 1 is 1.28 bits per heavy atom. The fourth-order valence-corrected chi connectivity index (χ4v) is 1.75. The molecule has 18 heavy (non-hydrogen) atoms. The van der Waals surface area contributed by atoms with Crippen molar-refractivity contribution in [1.82, 2.24) is 9.97 Å². The van der Waals surface area contributed by atoms with Crippen LogP contribution in [0.5, 0.6) is 5.75 Å². The normalized spacial score (nSPS) is 10.2. The summed E-state index contributed by atoms with van der Waals surface area (Å²) < 4.78 is 5.26. The maximum atomic E-state index is 5.99. The molecule has 0 spiro atoms. The lowest BCUT2D eigenvalue weighted by Crippen LogP contribution is -1.99. The maximum absolute atomic E-state index is 5.99. The van der Waals surface area contributed by atoms with Crippen LogP contribution in [0.4, 0.5) is 11.5 Å². The lowest BCUT2D eigenvalue weighted by Gasteiger charge is -2.12. The molecule has 6 heteroatoms. The Morgan fingerprint density at radius 3 is 2.78 bits per heavy atom. The summed E-state index contributed by atoms with van der Waals surface area (Å²) in [5.41, 5.74) is 1.86. The van der Waals surface area contributed by atoms with Gasteiger partial charge < -0.3 is 10.1 Å². The Kier molecular flexibility index (Phi) is 3.89. The third-order valence-electron chi connectivity index (χ3n) is 2.32. The predicted octanol–water partition coefficient (Wildman–Crippen LogP) is 3.84. The molecule has 2 rings (SSSR count). The lowest BCUT2D eigenvalue weighted by atomic mass is 10.2. The zero-order valence-corrected chi connectivity index (χ0v) is 11.4. The monoisotopic (exact) mass is 283 g/mol. The Morgan fingerprint density at radius 2 is 2.06 bits per heavy atom. The van der Waals surface area contributed by atoms with Crippen LogP contribution in [0.2, 0.25) is 10.3 Å². The molecule has 0 saturated heterocycles. The van der Waals surface area contributed by atoms with Gasteiger partial charge in [-0.05, 0) is 36.2 Å². The van der Waals surface area contributed by atoms with Crippen LogP contribution in [0.15, 0.2) is 24.4 Å². The number of anilines is 2. The summed E-state index contributed by atoms with van der Waals surface area (Å²) in [4.78, 5) is 7.82. The van der Waals surface area contributed by atoms with Gasteiger partial charge in [0.2, 0.25) is 5.28 Å². The van der Waals surface area contributed by atoms with Crippen LogP contribution in [0, 0.1) is 6.92 Å². The van der Waals surface area contributed by atoms with E-state index in [2.05, 4.69) is 15.3 Å². The summed E-state index contributed by atoms with van der Waals surface area (Å²) in [6, 6.07) is 5.76. The first kappa shape index (κ1) is 12.9. The number of halogens is 2. The Balaban J connectivity index is 2.38. The summed E-state index contributed by atoms with van der Waals surface area (Å²) in [6.07, 6.45) is 1.45. The molecular formula is C12H11Cl2N3O. The molecule has 0 atom stereocenters. The van der Waals surface area contributed by atoms with Crippen LogP contribution in [0.25, 0.3) is 0 Å². The van der Waals surface area contributed by atoms with E-state index in [9.17, 15) is 0 Å². The first-order chi connectivity index (χ1) is 8.60. The molecule has 0 radical (unpaired) electrons. The van der Waals surface area contributed by atoms with E-state index < -0.39 is 0 Å². The van der Waals surface area contributed by atoms with Crippen molar-refractivity contribution in [2.24, 2.45) is 0 Å². The molecule has 0 aliphatic carbocycles. The highest BCUT2D eigenvalue weighted by atomic mass is 35.5. The number of aromatic nitrogens is 2. The topological polar surface area (TPSA) is 47.0 Å². The van der Waals surface area contributed by atoms with Crippen LogP contribution >= 0.6 is 23.2 Å². The number of nitrogens with zero attached hydrogens (tertiary/aromatic N) is 2. The van der Waals surface area contributed by atoms with Crippen molar-refractivity contribution in [3.8, 4) is 5.75 Å².